The Balaban J connectivity index is 1.03. The average Bonchev–Trinajstić information content (AvgIpc) is 3.90. The van der Waals surface area contributed by atoms with Gasteiger partial charge < -0.3 is 13.7 Å². The number of nitrogens with zero attached hydrogens (tertiary/aromatic N) is 2. The van der Waals surface area contributed by atoms with Crippen LogP contribution in [0.1, 0.15) is 0 Å². The standard InChI is InChI=1S/C53H34N2O2/c1-3-12-35(13-4-1)36-22-28-41(29-23-36)55(42-30-24-38(25-31-42)45-20-11-17-37-14-7-8-18-44(37)45)43-32-26-39(27-33-43)47-34-48-52(57-53(54-48)40-15-5-2-6-16-40)50-46-19-9-10-21-49(46)56-51(47)50/h1-34H. The van der Waals surface area contributed by atoms with E-state index in [0.29, 0.717) is 5.89 Å². The van der Waals surface area contributed by atoms with Crippen molar-refractivity contribution in [3.05, 3.63) is 206 Å². The summed E-state index contributed by atoms with van der Waals surface area (Å²) in [4.78, 5) is 7.30. The van der Waals surface area contributed by atoms with Crippen molar-refractivity contribution in [3.63, 3.8) is 0 Å². The summed E-state index contributed by atoms with van der Waals surface area (Å²) in [6.07, 6.45) is 0. The monoisotopic (exact) mass is 730 g/mol. The fraction of sp³-hybridized carbons (Fsp3) is 0. The SMILES string of the molecule is c1ccc(-c2ccc(N(c3ccc(-c4cccc5ccccc45)cc3)c3ccc(-c4cc5nc(-c6ccccc6)oc5c5c4oc4ccccc45)cc3)cc2)cc1. The quantitative estimate of drug-likeness (QED) is 0.164. The van der Waals surface area contributed by atoms with Crippen molar-refractivity contribution in [2.75, 3.05) is 4.90 Å². The van der Waals surface area contributed by atoms with Crippen LogP contribution in [0.5, 0.6) is 0 Å². The third-order valence-electron chi connectivity index (χ3n) is 10.9. The number of aromatic nitrogens is 1. The van der Waals surface area contributed by atoms with Gasteiger partial charge >= 0.3 is 0 Å². The first kappa shape index (κ1) is 32.7. The molecule has 0 aliphatic carbocycles. The second-order valence-corrected chi connectivity index (χ2v) is 14.3. The van der Waals surface area contributed by atoms with E-state index in [2.05, 4.69) is 163 Å². The summed E-state index contributed by atoms with van der Waals surface area (Å²) in [5, 5.41) is 4.42. The Morgan fingerprint density at radius 3 is 1.58 bits per heavy atom. The van der Waals surface area contributed by atoms with Gasteiger partial charge in [0.15, 0.2) is 5.58 Å². The van der Waals surface area contributed by atoms with Gasteiger partial charge in [-0.3, -0.25) is 0 Å². The number of furan rings is 1. The number of hydrogen-bond acceptors (Lipinski definition) is 4. The van der Waals surface area contributed by atoms with E-state index < -0.39 is 0 Å². The Labute approximate surface area is 329 Å². The van der Waals surface area contributed by atoms with Gasteiger partial charge in [0.05, 0.1) is 5.39 Å². The lowest BCUT2D eigenvalue weighted by Crippen LogP contribution is -2.09. The van der Waals surface area contributed by atoms with Crippen LogP contribution in [0.15, 0.2) is 215 Å². The number of anilines is 3. The van der Waals surface area contributed by atoms with Gasteiger partial charge in [-0.15, -0.1) is 0 Å². The summed E-state index contributed by atoms with van der Waals surface area (Å²) in [5.74, 6) is 0.588. The molecule has 2 aromatic heterocycles. The van der Waals surface area contributed by atoms with Crippen molar-refractivity contribution in [3.8, 4) is 44.8 Å². The first-order chi connectivity index (χ1) is 28.2. The molecule has 4 nitrogen and oxygen atoms in total. The molecule has 0 saturated carbocycles. The molecule has 0 unspecified atom stereocenters. The molecule has 9 aromatic carbocycles. The Morgan fingerprint density at radius 2 is 0.895 bits per heavy atom. The lowest BCUT2D eigenvalue weighted by atomic mass is 9.98. The van der Waals surface area contributed by atoms with Crippen molar-refractivity contribution in [2.24, 2.45) is 0 Å². The van der Waals surface area contributed by atoms with Crippen LogP contribution in [0.4, 0.5) is 17.1 Å². The first-order valence-electron chi connectivity index (χ1n) is 19.2. The summed E-state index contributed by atoms with van der Waals surface area (Å²) in [7, 11) is 0. The molecule has 0 fully saturated rings. The highest BCUT2D eigenvalue weighted by Crippen LogP contribution is 2.44. The van der Waals surface area contributed by atoms with Crippen LogP contribution in [0, 0.1) is 0 Å². The number of hydrogen-bond donors (Lipinski definition) is 0. The van der Waals surface area contributed by atoms with E-state index in [1.54, 1.807) is 0 Å². The zero-order chi connectivity index (χ0) is 37.7. The van der Waals surface area contributed by atoms with Crippen molar-refractivity contribution < 1.29 is 8.83 Å². The average molecular weight is 731 g/mol. The number of rotatable bonds is 7. The van der Waals surface area contributed by atoms with Crippen LogP contribution < -0.4 is 4.90 Å². The minimum atomic E-state index is 0.588. The maximum atomic E-state index is 6.60. The molecule has 11 rings (SSSR count). The Hall–Kier alpha value is -7.69. The Morgan fingerprint density at radius 1 is 0.368 bits per heavy atom. The van der Waals surface area contributed by atoms with Crippen molar-refractivity contribution >= 4 is 60.9 Å². The second kappa shape index (κ2) is 13.6. The maximum Gasteiger partial charge on any atom is 0.227 e. The first-order valence-corrected chi connectivity index (χ1v) is 19.2. The van der Waals surface area contributed by atoms with E-state index in [9.17, 15) is 0 Å². The van der Waals surface area contributed by atoms with E-state index in [0.717, 1.165) is 66.8 Å². The minimum absolute atomic E-state index is 0.588. The predicted molar refractivity (Wildman–Crippen MR) is 235 cm³/mol. The molecule has 268 valence electrons. The summed E-state index contributed by atoms with van der Waals surface area (Å²) in [6.45, 7) is 0. The zero-order valence-electron chi connectivity index (χ0n) is 30.8. The number of fused-ring (bicyclic) bond motifs is 6. The molecule has 0 saturated heterocycles. The molecule has 0 atom stereocenters. The van der Waals surface area contributed by atoms with Crippen LogP contribution in [-0.2, 0) is 0 Å². The van der Waals surface area contributed by atoms with Gasteiger partial charge in [-0.2, -0.15) is 0 Å². The van der Waals surface area contributed by atoms with Gasteiger partial charge in [0, 0.05) is 33.6 Å². The number of para-hydroxylation sites is 1. The summed E-state index contributed by atoms with van der Waals surface area (Å²) in [5.41, 5.74) is 14.0. The number of oxazole rings is 1. The summed E-state index contributed by atoms with van der Waals surface area (Å²) >= 11 is 0. The fourth-order valence-electron chi connectivity index (χ4n) is 8.13. The minimum Gasteiger partial charge on any atom is -0.455 e. The molecule has 2 heterocycles. The van der Waals surface area contributed by atoms with E-state index in [-0.39, 0.29) is 0 Å². The van der Waals surface area contributed by atoms with E-state index in [1.165, 1.54) is 33.0 Å². The fourth-order valence-corrected chi connectivity index (χ4v) is 8.13. The zero-order valence-corrected chi connectivity index (χ0v) is 30.8. The van der Waals surface area contributed by atoms with Crippen molar-refractivity contribution in [1.29, 1.82) is 0 Å². The summed E-state index contributed by atoms with van der Waals surface area (Å²) in [6, 6.07) is 72.3. The molecular formula is C53H34N2O2. The van der Waals surface area contributed by atoms with Gasteiger partial charge in [-0.1, -0.05) is 146 Å². The van der Waals surface area contributed by atoms with Gasteiger partial charge in [0.1, 0.15) is 16.7 Å². The third-order valence-corrected chi connectivity index (χ3v) is 10.9. The largest absolute Gasteiger partial charge is 0.455 e. The second-order valence-electron chi connectivity index (χ2n) is 14.3. The summed E-state index contributed by atoms with van der Waals surface area (Å²) < 4.78 is 13.1. The molecule has 0 aliphatic heterocycles. The third kappa shape index (κ3) is 5.74. The van der Waals surface area contributed by atoms with Crippen molar-refractivity contribution in [2.45, 2.75) is 0 Å². The highest BCUT2D eigenvalue weighted by Gasteiger charge is 2.22. The molecule has 11 aromatic rings. The molecule has 0 N–H and O–H groups in total. The molecule has 0 aliphatic rings. The molecule has 0 radical (unpaired) electrons. The topological polar surface area (TPSA) is 42.4 Å². The smallest absolute Gasteiger partial charge is 0.227 e. The Bertz CT molecular complexity index is 3200. The van der Waals surface area contributed by atoms with Gasteiger partial charge in [-0.25, -0.2) is 4.98 Å². The normalized spacial score (nSPS) is 11.5. The van der Waals surface area contributed by atoms with E-state index in [4.69, 9.17) is 13.8 Å². The molecule has 57 heavy (non-hydrogen) atoms. The molecule has 4 heteroatoms. The number of benzene rings is 9. The maximum absolute atomic E-state index is 6.60. The lowest BCUT2D eigenvalue weighted by molar-refractivity contribution is 0.622. The highest BCUT2D eigenvalue weighted by atomic mass is 16.4. The molecule has 0 amide bonds. The van der Waals surface area contributed by atoms with E-state index in [1.807, 2.05) is 48.5 Å². The van der Waals surface area contributed by atoms with E-state index >= 15 is 0 Å². The van der Waals surface area contributed by atoms with Crippen LogP contribution in [-0.4, -0.2) is 4.98 Å². The lowest BCUT2D eigenvalue weighted by Gasteiger charge is -2.26. The molecule has 0 spiro atoms. The van der Waals surface area contributed by atoms with Gasteiger partial charge in [0.25, 0.3) is 0 Å². The van der Waals surface area contributed by atoms with Crippen LogP contribution in [0.2, 0.25) is 0 Å². The van der Waals surface area contributed by atoms with Gasteiger partial charge in [0.2, 0.25) is 5.89 Å². The highest BCUT2D eigenvalue weighted by molar-refractivity contribution is 6.20. The Kier molecular flexibility index (Phi) is 7.78. The van der Waals surface area contributed by atoms with Crippen LogP contribution >= 0.6 is 0 Å². The van der Waals surface area contributed by atoms with Crippen LogP contribution in [0.25, 0.3) is 88.6 Å². The molecular weight excluding hydrogens is 697 g/mol. The predicted octanol–water partition coefficient (Wildman–Crippen LogP) is 15.0. The van der Waals surface area contributed by atoms with Crippen molar-refractivity contribution in [1.82, 2.24) is 4.98 Å². The van der Waals surface area contributed by atoms with Gasteiger partial charge in [-0.05, 0) is 99.3 Å². The van der Waals surface area contributed by atoms with Crippen LogP contribution in [0.3, 0.4) is 0 Å². The molecule has 0 bridgehead atoms.